The molecule has 0 amide bonds. The van der Waals surface area contributed by atoms with Crippen LogP contribution in [-0.2, 0) is 0 Å². The molecule has 0 saturated heterocycles. The number of fused-ring (bicyclic) bond motifs is 1. The van der Waals surface area contributed by atoms with Gasteiger partial charge < -0.3 is 5.73 Å². The van der Waals surface area contributed by atoms with Crippen LogP contribution in [0.15, 0.2) is 30.3 Å². The summed E-state index contributed by atoms with van der Waals surface area (Å²) in [4.78, 5) is 3.99. The summed E-state index contributed by atoms with van der Waals surface area (Å²) >= 11 is 5.86. The number of rotatable bonds is 1. The molecule has 0 aliphatic heterocycles. The summed E-state index contributed by atoms with van der Waals surface area (Å²) in [5, 5.41) is 0.363. The van der Waals surface area contributed by atoms with Crippen LogP contribution in [0.1, 0.15) is 0 Å². The van der Waals surface area contributed by atoms with Crippen LogP contribution in [-0.4, -0.2) is 9.55 Å². The first-order valence-corrected chi connectivity index (χ1v) is 5.93. The van der Waals surface area contributed by atoms with Gasteiger partial charge in [0.2, 0.25) is 5.95 Å². The molecular formula is C13H7ClF3N3. The first-order valence-electron chi connectivity index (χ1n) is 5.56. The van der Waals surface area contributed by atoms with Crippen molar-refractivity contribution in [1.29, 1.82) is 0 Å². The van der Waals surface area contributed by atoms with Gasteiger partial charge in [-0.25, -0.2) is 18.2 Å². The van der Waals surface area contributed by atoms with Crippen LogP contribution >= 0.6 is 11.6 Å². The summed E-state index contributed by atoms with van der Waals surface area (Å²) < 4.78 is 41.8. The number of halogens is 4. The van der Waals surface area contributed by atoms with Gasteiger partial charge in [0.05, 0.1) is 11.0 Å². The predicted molar refractivity (Wildman–Crippen MR) is 70.4 cm³/mol. The van der Waals surface area contributed by atoms with E-state index in [0.29, 0.717) is 28.2 Å². The maximum absolute atomic E-state index is 13.9. The van der Waals surface area contributed by atoms with E-state index in [0.717, 1.165) is 4.57 Å². The number of anilines is 1. The molecule has 2 aromatic carbocycles. The number of aromatic nitrogens is 2. The van der Waals surface area contributed by atoms with E-state index in [9.17, 15) is 13.2 Å². The molecule has 3 nitrogen and oxygen atoms in total. The van der Waals surface area contributed by atoms with E-state index in [4.69, 9.17) is 17.3 Å². The molecule has 7 heteroatoms. The molecule has 0 bridgehead atoms. The topological polar surface area (TPSA) is 43.8 Å². The van der Waals surface area contributed by atoms with Crippen molar-refractivity contribution in [3.63, 3.8) is 0 Å². The fraction of sp³-hybridized carbons (Fsp3) is 0. The van der Waals surface area contributed by atoms with Gasteiger partial charge in [0, 0.05) is 17.2 Å². The monoisotopic (exact) mass is 297 g/mol. The standard InChI is InChI=1S/C13H7ClF3N3/c14-6-1-2-10-11(3-6)20(13(18)19-10)12-8(16)4-7(15)5-9(12)17/h1-5H,(H2,18,19). The first kappa shape index (κ1) is 12.8. The highest BCUT2D eigenvalue weighted by Crippen LogP contribution is 2.29. The second kappa shape index (κ2) is 4.42. The van der Waals surface area contributed by atoms with Gasteiger partial charge in [-0.1, -0.05) is 11.6 Å². The molecule has 0 radical (unpaired) electrons. The number of nitrogens with zero attached hydrogens (tertiary/aromatic N) is 2. The molecule has 0 spiro atoms. The number of nitrogens with two attached hydrogens (primary N) is 1. The lowest BCUT2D eigenvalue weighted by Crippen LogP contribution is -2.06. The lowest BCUT2D eigenvalue weighted by molar-refractivity contribution is 0.536. The highest BCUT2D eigenvalue weighted by atomic mass is 35.5. The van der Waals surface area contributed by atoms with Crippen LogP contribution in [0.2, 0.25) is 5.02 Å². The largest absolute Gasteiger partial charge is 0.369 e. The van der Waals surface area contributed by atoms with Gasteiger partial charge >= 0.3 is 0 Å². The number of hydrogen-bond acceptors (Lipinski definition) is 2. The highest BCUT2D eigenvalue weighted by Gasteiger charge is 2.19. The van der Waals surface area contributed by atoms with E-state index in [1.165, 1.54) is 6.07 Å². The summed E-state index contributed by atoms with van der Waals surface area (Å²) in [5.41, 5.74) is 5.96. The van der Waals surface area contributed by atoms with Crippen LogP contribution in [0.3, 0.4) is 0 Å². The fourth-order valence-corrected chi connectivity index (χ4v) is 2.22. The minimum absolute atomic E-state index is 0.119. The summed E-state index contributed by atoms with van der Waals surface area (Å²) in [6.45, 7) is 0. The third kappa shape index (κ3) is 1.89. The molecular weight excluding hydrogens is 291 g/mol. The van der Waals surface area contributed by atoms with Crippen molar-refractivity contribution < 1.29 is 13.2 Å². The quantitative estimate of drug-likeness (QED) is 0.744. The van der Waals surface area contributed by atoms with Gasteiger partial charge in [-0.15, -0.1) is 0 Å². The molecule has 3 aromatic rings. The lowest BCUT2D eigenvalue weighted by atomic mass is 10.2. The lowest BCUT2D eigenvalue weighted by Gasteiger charge is -2.09. The van der Waals surface area contributed by atoms with Crippen LogP contribution in [0, 0.1) is 17.5 Å². The Balaban J connectivity index is 2.40. The van der Waals surface area contributed by atoms with Crippen molar-refractivity contribution in [3.05, 3.63) is 52.8 Å². The molecule has 0 unspecified atom stereocenters. The van der Waals surface area contributed by atoms with E-state index in [1.807, 2.05) is 0 Å². The molecule has 0 saturated carbocycles. The van der Waals surface area contributed by atoms with Crippen LogP contribution in [0.4, 0.5) is 19.1 Å². The molecule has 2 N–H and O–H groups in total. The van der Waals surface area contributed by atoms with Gasteiger partial charge in [-0.05, 0) is 18.2 Å². The second-order valence-electron chi connectivity index (χ2n) is 4.16. The molecule has 0 atom stereocenters. The van der Waals surface area contributed by atoms with Crippen molar-refractivity contribution in [3.8, 4) is 5.69 Å². The normalized spacial score (nSPS) is 11.2. The van der Waals surface area contributed by atoms with E-state index in [-0.39, 0.29) is 5.95 Å². The van der Waals surface area contributed by atoms with Gasteiger partial charge in [-0.3, -0.25) is 4.57 Å². The van der Waals surface area contributed by atoms with Crippen molar-refractivity contribution in [2.24, 2.45) is 0 Å². The van der Waals surface area contributed by atoms with Crippen LogP contribution in [0.5, 0.6) is 0 Å². The smallest absolute Gasteiger partial charge is 0.206 e. The number of hydrogen-bond donors (Lipinski definition) is 1. The van der Waals surface area contributed by atoms with Crippen molar-refractivity contribution in [2.75, 3.05) is 5.73 Å². The Labute approximate surface area is 116 Å². The van der Waals surface area contributed by atoms with Crippen LogP contribution in [0.25, 0.3) is 16.7 Å². The van der Waals surface area contributed by atoms with Crippen molar-refractivity contribution >= 4 is 28.6 Å². The zero-order valence-corrected chi connectivity index (χ0v) is 10.6. The Hall–Kier alpha value is -2.21. The Bertz CT molecular complexity index is 806. The Morgan fingerprint density at radius 3 is 2.35 bits per heavy atom. The molecule has 0 aliphatic carbocycles. The Kier molecular flexibility index (Phi) is 2.83. The summed E-state index contributed by atoms with van der Waals surface area (Å²) in [6, 6.07) is 5.78. The second-order valence-corrected chi connectivity index (χ2v) is 4.59. The van der Waals surface area contributed by atoms with Gasteiger partial charge in [0.25, 0.3) is 0 Å². The number of nitrogen functional groups attached to an aromatic ring is 1. The van der Waals surface area contributed by atoms with Gasteiger partial charge in [-0.2, -0.15) is 0 Å². The van der Waals surface area contributed by atoms with Crippen molar-refractivity contribution in [1.82, 2.24) is 9.55 Å². The maximum Gasteiger partial charge on any atom is 0.206 e. The predicted octanol–water partition coefficient (Wildman–Crippen LogP) is 3.68. The van der Waals surface area contributed by atoms with E-state index in [1.54, 1.807) is 12.1 Å². The summed E-state index contributed by atoms with van der Waals surface area (Å²) in [6.07, 6.45) is 0. The molecule has 20 heavy (non-hydrogen) atoms. The van der Waals surface area contributed by atoms with Gasteiger partial charge in [0.15, 0.2) is 11.6 Å². The first-order chi connectivity index (χ1) is 9.47. The van der Waals surface area contributed by atoms with Crippen molar-refractivity contribution in [2.45, 2.75) is 0 Å². The molecule has 0 aliphatic rings. The van der Waals surface area contributed by atoms with E-state index >= 15 is 0 Å². The van der Waals surface area contributed by atoms with Crippen LogP contribution < -0.4 is 5.73 Å². The molecule has 1 heterocycles. The third-order valence-corrected chi connectivity index (χ3v) is 3.08. The molecule has 3 rings (SSSR count). The molecule has 102 valence electrons. The average Bonchev–Trinajstić information content (AvgIpc) is 2.65. The number of imidazole rings is 1. The number of benzene rings is 2. The molecule has 0 fully saturated rings. The SMILES string of the molecule is Nc1nc2ccc(Cl)cc2n1-c1c(F)cc(F)cc1F. The third-order valence-electron chi connectivity index (χ3n) is 2.85. The fourth-order valence-electron chi connectivity index (χ4n) is 2.05. The zero-order chi connectivity index (χ0) is 14.4. The Morgan fingerprint density at radius 1 is 1.05 bits per heavy atom. The highest BCUT2D eigenvalue weighted by molar-refractivity contribution is 6.31. The minimum atomic E-state index is -1.08. The zero-order valence-electron chi connectivity index (χ0n) is 9.87. The summed E-state index contributed by atoms with van der Waals surface area (Å²) in [5.74, 6) is -3.28. The Morgan fingerprint density at radius 2 is 1.70 bits per heavy atom. The maximum atomic E-state index is 13.9. The molecule has 1 aromatic heterocycles. The van der Waals surface area contributed by atoms with E-state index in [2.05, 4.69) is 4.98 Å². The summed E-state index contributed by atoms with van der Waals surface area (Å²) in [7, 11) is 0. The van der Waals surface area contributed by atoms with Gasteiger partial charge in [0.1, 0.15) is 11.5 Å². The van der Waals surface area contributed by atoms with E-state index < -0.39 is 23.1 Å². The average molecular weight is 298 g/mol. The minimum Gasteiger partial charge on any atom is -0.369 e.